The van der Waals surface area contributed by atoms with Crippen LogP contribution < -0.4 is 4.74 Å². The highest BCUT2D eigenvalue weighted by Crippen LogP contribution is 2.33. The van der Waals surface area contributed by atoms with Gasteiger partial charge in [0, 0.05) is 12.0 Å². The normalized spacial score (nSPS) is 20.4. The summed E-state index contributed by atoms with van der Waals surface area (Å²) in [4.78, 5) is 14.0. The maximum absolute atomic E-state index is 14.1. The Kier molecular flexibility index (Phi) is 4.85. The average Bonchev–Trinajstić information content (AvgIpc) is 3.32. The molecule has 0 bridgehead atoms. The molecule has 2 aliphatic rings. The molecule has 0 saturated carbocycles. The van der Waals surface area contributed by atoms with Gasteiger partial charge >= 0.3 is 0 Å². The minimum absolute atomic E-state index is 0.00654. The highest BCUT2D eigenvalue weighted by Gasteiger charge is 2.47. The lowest BCUT2D eigenvalue weighted by molar-refractivity contribution is -0.133. The maximum Gasteiger partial charge on any atom is 0.267 e. The van der Waals surface area contributed by atoms with Crippen molar-refractivity contribution in [3.63, 3.8) is 0 Å². The summed E-state index contributed by atoms with van der Waals surface area (Å²) in [6.45, 7) is 2.94. The van der Waals surface area contributed by atoms with Crippen LogP contribution in [0.5, 0.6) is 5.75 Å². The average molecular weight is 390 g/mol. The standard InChI is InChI=1S/C21H24F2N2O3/c1-13-19(14(2)28-24-13)9-20(26)25-12-21(22,23)10-17(25)11-27-18-7-6-15-4-3-5-16(15)8-18/h6-8,17H,3-5,9-12H2,1-2H3/t17-/m0/s1. The lowest BCUT2D eigenvalue weighted by Crippen LogP contribution is -2.40. The number of amides is 1. The Morgan fingerprint density at radius 2 is 2.11 bits per heavy atom. The van der Waals surface area contributed by atoms with Crippen molar-refractivity contribution >= 4 is 5.91 Å². The van der Waals surface area contributed by atoms with Crippen LogP contribution in [0, 0.1) is 13.8 Å². The third-order valence-electron chi connectivity index (χ3n) is 5.72. The zero-order chi connectivity index (χ0) is 19.9. The van der Waals surface area contributed by atoms with E-state index in [0.29, 0.717) is 22.8 Å². The van der Waals surface area contributed by atoms with E-state index in [0.717, 1.165) is 19.3 Å². The summed E-state index contributed by atoms with van der Waals surface area (Å²) in [6, 6.07) is 5.26. The van der Waals surface area contributed by atoms with Gasteiger partial charge < -0.3 is 14.2 Å². The SMILES string of the molecule is Cc1noc(C)c1CC(=O)N1CC(F)(F)C[C@H]1COc1ccc2c(c1)CCC2. The molecule has 1 fully saturated rings. The minimum atomic E-state index is -2.90. The number of ether oxygens (including phenoxy) is 1. The van der Waals surface area contributed by atoms with Gasteiger partial charge in [-0.3, -0.25) is 4.79 Å². The summed E-state index contributed by atoms with van der Waals surface area (Å²) in [7, 11) is 0. The van der Waals surface area contributed by atoms with Crippen molar-refractivity contribution in [1.82, 2.24) is 10.1 Å². The van der Waals surface area contributed by atoms with Gasteiger partial charge in [-0.15, -0.1) is 0 Å². The van der Waals surface area contributed by atoms with Crippen molar-refractivity contribution < 1.29 is 22.8 Å². The lowest BCUT2D eigenvalue weighted by Gasteiger charge is -2.24. The maximum atomic E-state index is 14.1. The van der Waals surface area contributed by atoms with E-state index in [9.17, 15) is 13.6 Å². The van der Waals surface area contributed by atoms with Crippen molar-refractivity contribution in [2.75, 3.05) is 13.2 Å². The first-order valence-electron chi connectivity index (χ1n) is 9.66. The molecule has 1 aromatic carbocycles. The van der Waals surface area contributed by atoms with Gasteiger partial charge in [-0.25, -0.2) is 8.78 Å². The molecule has 0 spiro atoms. The number of hydrogen-bond donors (Lipinski definition) is 0. The van der Waals surface area contributed by atoms with E-state index in [1.165, 1.54) is 16.0 Å². The van der Waals surface area contributed by atoms with Gasteiger partial charge in [0.2, 0.25) is 5.91 Å². The lowest BCUT2D eigenvalue weighted by atomic mass is 10.1. The second-order valence-electron chi connectivity index (χ2n) is 7.81. The first kappa shape index (κ1) is 18.9. The van der Waals surface area contributed by atoms with Crippen LogP contribution >= 0.6 is 0 Å². The van der Waals surface area contributed by atoms with Crippen LogP contribution in [0.2, 0.25) is 0 Å². The predicted molar refractivity (Wildman–Crippen MR) is 98.7 cm³/mol. The molecule has 0 unspecified atom stereocenters. The van der Waals surface area contributed by atoms with Gasteiger partial charge in [0.25, 0.3) is 5.92 Å². The van der Waals surface area contributed by atoms with E-state index in [1.54, 1.807) is 13.8 Å². The van der Waals surface area contributed by atoms with Crippen molar-refractivity contribution in [3.8, 4) is 5.75 Å². The highest BCUT2D eigenvalue weighted by atomic mass is 19.3. The number of hydrogen-bond acceptors (Lipinski definition) is 4. The van der Waals surface area contributed by atoms with Crippen molar-refractivity contribution in [2.45, 2.75) is 57.9 Å². The van der Waals surface area contributed by atoms with Crippen LogP contribution in [0.25, 0.3) is 0 Å². The number of aromatic nitrogens is 1. The van der Waals surface area contributed by atoms with E-state index in [4.69, 9.17) is 9.26 Å². The largest absolute Gasteiger partial charge is 0.491 e. The minimum Gasteiger partial charge on any atom is -0.491 e. The summed E-state index contributed by atoms with van der Waals surface area (Å²) >= 11 is 0. The molecule has 0 radical (unpaired) electrons. The van der Waals surface area contributed by atoms with Gasteiger partial charge in [0.15, 0.2) is 0 Å². The molecule has 1 aliphatic heterocycles. The quantitative estimate of drug-likeness (QED) is 0.782. The van der Waals surface area contributed by atoms with Crippen LogP contribution in [-0.4, -0.2) is 41.1 Å². The first-order valence-corrected chi connectivity index (χ1v) is 9.66. The smallest absolute Gasteiger partial charge is 0.267 e. The van der Waals surface area contributed by atoms with Gasteiger partial charge in [0.1, 0.15) is 18.1 Å². The Morgan fingerprint density at radius 1 is 1.32 bits per heavy atom. The zero-order valence-electron chi connectivity index (χ0n) is 16.1. The van der Waals surface area contributed by atoms with Crippen LogP contribution in [-0.2, 0) is 24.1 Å². The molecule has 1 amide bonds. The molecule has 28 heavy (non-hydrogen) atoms. The molecule has 150 valence electrons. The van der Waals surface area contributed by atoms with Gasteiger partial charge in [-0.05, 0) is 56.4 Å². The van der Waals surface area contributed by atoms with Crippen molar-refractivity contribution in [3.05, 3.63) is 46.3 Å². The number of fused-ring (bicyclic) bond motifs is 1. The molecule has 1 aliphatic carbocycles. The molecule has 7 heteroatoms. The molecule has 1 atom stereocenters. The number of carbonyl (C=O) groups is 1. The number of likely N-dealkylation sites (tertiary alicyclic amines) is 1. The number of aryl methyl sites for hydroxylation is 4. The van der Waals surface area contributed by atoms with E-state index in [2.05, 4.69) is 5.16 Å². The number of alkyl halides is 2. The van der Waals surface area contributed by atoms with Crippen LogP contribution in [0.3, 0.4) is 0 Å². The van der Waals surface area contributed by atoms with E-state index in [1.807, 2.05) is 18.2 Å². The molecular formula is C21H24F2N2O3. The van der Waals surface area contributed by atoms with Crippen LogP contribution in [0.1, 0.15) is 41.0 Å². The molecule has 1 saturated heterocycles. The Balaban J connectivity index is 1.44. The number of carbonyl (C=O) groups excluding carboxylic acids is 1. The number of halogens is 2. The van der Waals surface area contributed by atoms with Crippen molar-refractivity contribution in [1.29, 1.82) is 0 Å². The second kappa shape index (κ2) is 7.18. The molecule has 0 N–H and O–H groups in total. The van der Waals surface area contributed by atoms with Crippen molar-refractivity contribution in [2.24, 2.45) is 0 Å². The van der Waals surface area contributed by atoms with Gasteiger partial charge in [-0.1, -0.05) is 11.2 Å². The van der Waals surface area contributed by atoms with E-state index < -0.39 is 18.5 Å². The summed E-state index contributed by atoms with van der Waals surface area (Å²) < 4.78 is 39.0. The third kappa shape index (κ3) is 3.75. The Bertz CT molecular complexity index is 874. The summed E-state index contributed by atoms with van der Waals surface area (Å²) in [6.07, 6.45) is 2.86. The third-order valence-corrected chi connectivity index (χ3v) is 5.72. The van der Waals surface area contributed by atoms with E-state index >= 15 is 0 Å². The molecular weight excluding hydrogens is 366 g/mol. The van der Waals surface area contributed by atoms with Crippen LogP contribution in [0.15, 0.2) is 22.7 Å². The fourth-order valence-electron chi connectivity index (χ4n) is 4.18. The summed E-state index contributed by atoms with van der Waals surface area (Å²) in [5, 5.41) is 3.83. The van der Waals surface area contributed by atoms with Gasteiger partial charge in [0.05, 0.1) is 24.7 Å². The molecule has 1 aromatic heterocycles. The Morgan fingerprint density at radius 3 is 2.86 bits per heavy atom. The number of nitrogens with zero attached hydrogens (tertiary/aromatic N) is 2. The molecule has 4 rings (SSSR count). The summed E-state index contributed by atoms with van der Waals surface area (Å²) in [5.74, 6) is -2.04. The zero-order valence-corrected chi connectivity index (χ0v) is 16.1. The van der Waals surface area contributed by atoms with Crippen LogP contribution in [0.4, 0.5) is 8.78 Å². The molecule has 5 nitrogen and oxygen atoms in total. The number of rotatable bonds is 5. The fraction of sp³-hybridized carbons (Fsp3) is 0.524. The highest BCUT2D eigenvalue weighted by molar-refractivity contribution is 5.80. The Hall–Kier alpha value is -2.44. The topological polar surface area (TPSA) is 55.6 Å². The van der Waals surface area contributed by atoms with E-state index in [-0.39, 0.29) is 25.4 Å². The predicted octanol–water partition coefficient (Wildman–Crippen LogP) is 3.64. The van der Waals surface area contributed by atoms with Gasteiger partial charge in [-0.2, -0.15) is 0 Å². The monoisotopic (exact) mass is 390 g/mol. The number of benzene rings is 1. The first-order chi connectivity index (χ1) is 13.3. The Labute approximate surface area is 162 Å². The second-order valence-corrected chi connectivity index (χ2v) is 7.81. The fourth-order valence-corrected chi connectivity index (χ4v) is 4.18. The molecule has 2 heterocycles. The molecule has 2 aromatic rings. The summed E-state index contributed by atoms with van der Waals surface area (Å²) in [5.41, 5.74) is 3.87.